The SMILES string of the molecule is Cc1cc(CNS(=O)(=O)c2ccc(N)cn2)c(C)o1. The van der Waals surface area contributed by atoms with E-state index in [-0.39, 0.29) is 11.6 Å². The van der Waals surface area contributed by atoms with Crippen LogP contribution < -0.4 is 10.5 Å². The molecule has 0 spiro atoms. The number of nitrogens with one attached hydrogen (secondary N) is 1. The predicted molar refractivity (Wildman–Crippen MR) is 70.9 cm³/mol. The van der Waals surface area contributed by atoms with Gasteiger partial charge in [-0.3, -0.25) is 0 Å². The van der Waals surface area contributed by atoms with Crippen LogP contribution in [0.2, 0.25) is 0 Å². The molecule has 2 aromatic rings. The van der Waals surface area contributed by atoms with Gasteiger partial charge in [0, 0.05) is 12.1 Å². The Morgan fingerprint density at radius 3 is 2.63 bits per heavy atom. The second kappa shape index (κ2) is 5.02. The van der Waals surface area contributed by atoms with E-state index in [2.05, 4.69) is 9.71 Å². The lowest BCUT2D eigenvalue weighted by molar-refractivity contribution is 0.500. The molecular formula is C12H15N3O3S. The van der Waals surface area contributed by atoms with Crippen LogP contribution in [0.15, 0.2) is 33.8 Å². The standard InChI is InChI=1S/C12H15N3O3S/c1-8-5-10(9(2)18-8)6-15-19(16,17)12-4-3-11(13)7-14-12/h3-5,7,15H,6,13H2,1-2H3. The van der Waals surface area contributed by atoms with Crippen LogP contribution in [0.3, 0.4) is 0 Å². The lowest BCUT2D eigenvalue weighted by atomic mass is 10.2. The van der Waals surface area contributed by atoms with Crippen LogP contribution in [-0.4, -0.2) is 13.4 Å². The van der Waals surface area contributed by atoms with Gasteiger partial charge < -0.3 is 10.2 Å². The Bertz CT molecular complexity index is 675. The van der Waals surface area contributed by atoms with Crippen molar-refractivity contribution in [2.75, 3.05) is 5.73 Å². The molecule has 6 nitrogen and oxygen atoms in total. The summed E-state index contributed by atoms with van der Waals surface area (Å²) in [7, 11) is -3.64. The molecule has 0 bridgehead atoms. The molecule has 0 fully saturated rings. The maximum absolute atomic E-state index is 12.0. The summed E-state index contributed by atoms with van der Waals surface area (Å²) in [6.45, 7) is 3.77. The van der Waals surface area contributed by atoms with Crippen LogP contribution in [0.5, 0.6) is 0 Å². The third-order valence-corrected chi connectivity index (χ3v) is 3.95. The minimum atomic E-state index is -3.64. The number of rotatable bonds is 4. The fraction of sp³-hybridized carbons (Fsp3) is 0.250. The van der Waals surface area contributed by atoms with Gasteiger partial charge in [0.25, 0.3) is 10.0 Å². The van der Waals surface area contributed by atoms with Crippen LogP contribution >= 0.6 is 0 Å². The van der Waals surface area contributed by atoms with E-state index in [0.29, 0.717) is 11.4 Å². The van der Waals surface area contributed by atoms with Gasteiger partial charge in [0.05, 0.1) is 11.9 Å². The zero-order chi connectivity index (χ0) is 14.0. The first-order valence-corrected chi connectivity index (χ1v) is 7.14. The zero-order valence-electron chi connectivity index (χ0n) is 10.7. The van der Waals surface area contributed by atoms with Crippen molar-refractivity contribution in [3.05, 3.63) is 41.5 Å². The fourth-order valence-corrected chi connectivity index (χ4v) is 2.59. The van der Waals surface area contributed by atoms with E-state index in [0.717, 1.165) is 11.3 Å². The van der Waals surface area contributed by atoms with Crippen molar-refractivity contribution in [2.24, 2.45) is 0 Å². The Morgan fingerprint density at radius 1 is 1.37 bits per heavy atom. The van der Waals surface area contributed by atoms with E-state index < -0.39 is 10.0 Å². The van der Waals surface area contributed by atoms with Crippen molar-refractivity contribution in [2.45, 2.75) is 25.4 Å². The number of pyridine rings is 1. The van der Waals surface area contributed by atoms with E-state index in [4.69, 9.17) is 10.2 Å². The lowest BCUT2D eigenvalue weighted by Crippen LogP contribution is -2.24. The van der Waals surface area contributed by atoms with Crippen molar-refractivity contribution >= 4 is 15.7 Å². The summed E-state index contributed by atoms with van der Waals surface area (Å²) in [4.78, 5) is 3.79. The zero-order valence-corrected chi connectivity index (χ0v) is 11.5. The highest BCUT2D eigenvalue weighted by Gasteiger charge is 2.16. The maximum atomic E-state index is 12.0. The summed E-state index contributed by atoms with van der Waals surface area (Å²) < 4.78 is 31.8. The molecule has 0 aliphatic heterocycles. The quantitative estimate of drug-likeness (QED) is 0.881. The molecule has 0 aliphatic rings. The summed E-state index contributed by atoms with van der Waals surface area (Å²) >= 11 is 0. The van der Waals surface area contributed by atoms with E-state index in [1.807, 2.05) is 6.92 Å². The van der Waals surface area contributed by atoms with Gasteiger partial charge in [-0.2, -0.15) is 0 Å². The number of nitrogen functional groups attached to an aromatic ring is 1. The third kappa shape index (κ3) is 3.12. The van der Waals surface area contributed by atoms with Crippen molar-refractivity contribution in [1.82, 2.24) is 9.71 Å². The van der Waals surface area contributed by atoms with E-state index >= 15 is 0 Å². The highest BCUT2D eigenvalue weighted by atomic mass is 32.2. The second-order valence-corrected chi connectivity index (χ2v) is 5.91. The van der Waals surface area contributed by atoms with Gasteiger partial charge in [-0.05, 0) is 32.0 Å². The summed E-state index contributed by atoms with van der Waals surface area (Å²) in [5, 5.41) is -0.0560. The van der Waals surface area contributed by atoms with Crippen molar-refractivity contribution in [1.29, 1.82) is 0 Å². The van der Waals surface area contributed by atoms with Crippen molar-refractivity contribution < 1.29 is 12.8 Å². The van der Waals surface area contributed by atoms with E-state index in [1.165, 1.54) is 18.3 Å². The topological polar surface area (TPSA) is 98.2 Å². The average Bonchev–Trinajstić information content (AvgIpc) is 2.66. The number of hydrogen-bond acceptors (Lipinski definition) is 5. The number of sulfonamides is 1. The summed E-state index contributed by atoms with van der Waals surface area (Å²) in [5.74, 6) is 1.45. The number of anilines is 1. The Labute approximate surface area is 111 Å². The Hall–Kier alpha value is -1.86. The molecular weight excluding hydrogens is 266 g/mol. The van der Waals surface area contributed by atoms with Crippen LogP contribution in [0.25, 0.3) is 0 Å². The molecule has 0 radical (unpaired) electrons. The number of aryl methyl sites for hydroxylation is 2. The van der Waals surface area contributed by atoms with E-state index in [9.17, 15) is 8.42 Å². The van der Waals surface area contributed by atoms with Crippen molar-refractivity contribution in [3.63, 3.8) is 0 Å². The Balaban J connectivity index is 2.14. The molecule has 0 atom stereocenters. The molecule has 0 saturated carbocycles. The van der Waals surface area contributed by atoms with Gasteiger partial charge in [0.2, 0.25) is 0 Å². The minimum absolute atomic E-state index is 0.0560. The molecule has 2 aromatic heterocycles. The van der Waals surface area contributed by atoms with Gasteiger partial charge in [0.15, 0.2) is 5.03 Å². The molecule has 2 heterocycles. The van der Waals surface area contributed by atoms with Crippen LogP contribution in [0.1, 0.15) is 17.1 Å². The summed E-state index contributed by atoms with van der Waals surface area (Å²) in [5.41, 5.74) is 6.69. The number of furan rings is 1. The lowest BCUT2D eigenvalue weighted by Gasteiger charge is -2.05. The normalized spacial score (nSPS) is 11.7. The van der Waals surface area contributed by atoms with Crippen LogP contribution in [-0.2, 0) is 16.6 Å². The highest BCUT2D eigenvalue weighted by Crippen LogP contribution is 2.14. The van der Waals surface area contributed by atoms with Gasteiger partial charge in [0.1, 0.15) is 11.5 Å². The number of hydrogen-bond donors (Lipinski definition) is 2. The molecule has 19 heavy (non-hydrogen) atoms. The first-order valence-electron chi connectivity index (χ1n) is 5.65. The Morgan fingerprint density at radius 2 is 2.11 bits per heavy atom. The number of nitrogens with zero attached hydrogens (tertiary/aromatic N) is 1. The molecule has 2 rings (SSSR count). The number of nitrogens with two attached hydrogens (primary N) is 1. The molecule has 0 aliphatic carbocycles. The summed E-state index contributed by atoms with van der Waals surface area (Å²) in [6, 6.07) is 4.66. The molecule has 0 aromatic carbocycles. The molecule has 0 unspecified atom stereocenters. The first kappa shape index (κ1) is 13.6. The molecule has 0 saturated heterocycles. The smallest absolute Gasteiger partial charge is 0.258 e. The molecule has 0 amide bonds. The highest BCUT2D eigenvalue weighted by molar-refractivity contribution is 7.89. The average molecular weight is 281 g/mol. The van der Waals surface area contributed by atoms with Crippen molar-refractivity contribution in [3.8, 4) is 0 Å². The fourth-order valence-electron chi connectivity index (χ4n) is 1.66. The van der Waals surface area contributed by atoms with Gasteiger partial charge in [-0.15, -0.1) is 0 Å². The summed E-state index contributed by atoms with van der Waals surface area (Å²) in [6.07, 6.45) is 1.31. The minimum Gasteiger partial charge on any atom is -0.466 e. The predicted octanol–water partition coefficient (Wildman–Crippen LogP) is 1.35. The molecule has 102 valence electrons. The third-order valence-electron chi connectivity index (χ3n) is 2.63. The largest absolute Gasteiger partial charge is 0.466 e. The van der Waals surface area contributed by atoms with Gasteiger partial charge >= 0.3 is 0 Å². The van der Waals surface area contributed by atoms with Gasteiger partial charge in [-0.1, -0.05) is 0 Å². The van der Waals surface area contributed by atoms with Crippen LogP contribution in [0.4, 0.5) is 5.69 Å². The first-order chi connectivity index (χ1) is 8.88. The van der Waals surface area contributed by atoms with Gasteiger partial charge in [-0.25, -0.2) is 18.1 Å². The monoisotopic (exact) mass is 281 g/mol. The molecule has 3 N–H and O–H groups in total. The van der Waals surface area contributed by atoms with E-state index in [1.54, 1.807) is 13.0 Å². The second-order valence-electron chi connectivity index (χ2n) is 4.19. The Kier molecular flexibility index (Phi) is 3.59. The number of aromatic nitrogens is 1. The molecule has 7 heteroatoms. The maximum Gasteiger partial charge on any atom is 0.258 e. The van der Waals surface area contributed by atoms with Crippen LogP contribution in [0, 0.1) is 13.8 Å².